The van der Waals surface area contributed by atoms with E-state index in [1.165, 1.54) is 120 Å². The zero-order chi connectivity index (χ0) is 36.7. The van der Waals surface area contributed by atoms with Gasteiger partial charge >= 0.3 is 5.97 Å². The first-order valence-corrected chi connectivity index (χ1v) is 20.3. The number of sulfonamides is 1. The average molecular weight is 740 g/mol. The smallest absolute Gasteiger partial charge is 0.306 e. The molecule has 3 aromatic rings. The van der Waals surface area contributed by atoms with Gasteiger partial charge in [0.05, 0.1) is 16.2 Å². The summed E-state index contributed by atoms with van der Waals surface area (Å²) in [5, 5.41) is 3.43. The van der Waals surface area contributed by atoms with Gasteiger partial charge < -0.3 is 10.1 Å². The summed E-state index contributed by atoms with van der Waals surface area (Å²) in [5.41, 5.74) is 1.78. The molecule has 278 valence electrons. The van der Waals surface area contributed by atoms with E-state index in [1.807, 2.05) is 16.9 Å². The summed E-state index contributed by atoms with van der Waals surface area (Å²) in [7, 11) is -4.20. The van der Waals surface area contributed by atoms with Crippen LogP contribution in [0.25, 0.3) is 0 Å². The van der Waals surface area contributed by atoms with Gasteiger partial charge in [0.15, 0.2) is 0 Å². The van der Waals surface area contributed by atoms with E-state index in [4.69, 9.17) is 16.3 Å². The van der Waals surface area contributed by atoms with E-state index in [0.717, 1.165) is 24.8 Å². The van der Waals surface area contributed by atoms with Crippen molar-refractivity contribution in [3.8, 4) is 0 Å². The summed E-state index contributed by atoms with van der Waals surface area (Å²) in [4.78, 5) is 41.3. The maximum absolute atomic E-state index is 12.8. The molecule has 9 nitrogen and oxygen atoms in total. The first-order valence-electron chi connectivity index (χ1n) is 18.5. The Morgan fingerprint density at radius 2 is 1.24 bits per heavy atom. The molecule has 0 saturated heterocycles. The van der Waals surface area contributed by atoms with Crippen LogP contribution >= 0.6 is 11.6 Å². The van der Waals surface area contributed by atoms with E-state index >= 15 is 0 Å². The van der Waals surface area contributed by atoms with Gasteiger partial charge in [-0.2, -0.15) is 0 Å². The molecule has 11 heteroatoms. The summed E-state index contributed by atoms with van der Waals surface area (Å²) in [6, 6.07) is 15.6. The Bertz CT molecular complexity index is 1580. The van der Waals surface area contributed by atoms with Crippen LogP contribution in [0.5, 0.6) is 0 Å². The number of nitrogens with one attached hydrogen (secondary N) is 2. The predicted molar refractivity (Wildman–Crippen MR) is 202 cm³/mol. The van der Waals surface area contributed by atoms with Crippen molar-refractivity contribution in [3.05, 3.63) is 94.3 Å². The highest BCUT2D eigenvalue weighted by atomic mass is 35.5. The fraction of sp³-hybridized carbons (Fsp3) is 0.500. The van der Waals surface area contributed by atoms with E-state index < -0.39 is 15.9 Å². The summed E-state index contributed by atoms with van der Waals surface area (Å²) >= 11 is 5.90. The number of halogens is 1. The van der Waals surface area contributed by atoms with Gasteiger partial charge in [-0.15, -0.1) is 0 Å². The summed E-state index contributed by atoms with van der Waals surface area (Å²) in [6.45, 7) is 2.62. The minimum atomic E-state index is -4.20. The van der Waals surface area contributed by atoms with E-state index in [-0.39, 0.29) is 34.5 Å². The van der Waals surface area contributed by atoms with Crippen LogP contribution in [0.15, 0.2) is 71.8 Å². The molecule has 0 aliphatic carbocycles. The lowest BCUT2D eigenvalue weighted by Crippen LogP contribution is -2.31. The summed E-state index contributed by atoms with van der Waals surface area (Å²) in [6.07, 6.45) is 21.1. The number of carbonyl (C=O) groups excluding carboxylic acids is 3. The van der Waals surface area contributed by atoms with Gasteiger partial charge in [0.25, 0.3) is 21.8 Å². The third kappa shape index (κ3) is 16.9. The van der Waals surface area contributed by atoms with Crippen molar-refractivity contribution in [2.75, 3.05) is 6.54 Å². The number of aromatic nitrogens is 1. The molecule has 2 aromatic carbocycles. The number of unbranched alkanes of at least 4 members (excludes halogenated alkanes) is 14. The Morgan fingerprint density at radius 3 is 1.78 bits per heavy atom. The molecule has 0 atom stereocenters. The predicted octanol–water partition coefficient (Wildman–Crippen LogP) is 9.13. The molecule has 0 fully saturated rings. The van der Waals surface area contributed by atoms with Gasteiger partial charge in [-0.1, -0.05) is 121 Å². The Balaban J connectivity index is 1.27. The number of benzene rings is 2. The lowest BCUT2D eigenvalue weighted by molar-refractivity contribution is -0.145. The number of hydrogen-bond acceptors (Lipinski definition) is 7. The van der Waals surface area contributed by atoms with Crippen molar-refractivity contribution < 1.29 is 27.5 Å². The zero-order valence-corrected chi connectivity index (χ0v) is 31.5. The third-order valence-electron chi connectivity index (χ3n) is 8.72. The molecule has 0 unspecified atom stereocenters. The van der Waals surface area contributed by atoms with Gasteiger partial charge in [0, 0.05) is 29.7 Å². The van der Waals surface area contributed by atoms with Gasteiger partial charge in [0.2, 0.25) is 0 Å². The Labute approximate surface area is 309 Å². The number of nitrogens with zero attached hydrogens (tertiary/aromatic N) is 1. The van der Waals surface area contributed by atoms with Crippen LogP contribution in [0, 0.1) is 0 Å². The number of amides is 2. The van der Waals surface area contributed by atoms with Gasteiger partial charge in [0.1, 0.15) is 6.61 Å². The number of carbonyl (C=O) groups is 3. The molecular weight excluding hydrogens is 686 g/mol. The fourth-order valence-corrected chi connectivity index (χ4v) is 6.71. The second kappa shape index (κ2) is 23.7. The maximum Gasteiger partial charge on any atom is 0.306 e. The van der Waals surface area contributed by atoms with Gasteiger partial charge in [-0.25, -0.2) is 13.1 Å². The Kier molecular flexibility index (Phi) is 19.3. The lowest BCUT2D eigenvalue weighted by atomic mass is 10.0. The van der Waals surface area contributed by atoms with Crippen molar-refractivity contribution in [3.63, 3.8) is 0 Å². The first-order chi connectivity index (χ1) is 24.7. The minimum absolute atomic E-state index is 0.0289. The largest absolute Gasteiger partial charge is 0.459 e. The SMILES string of the molecule is CCCCCCCCCCCCCCCCCC(=O)OCc1ccc(C(=O)NS(=O)(=O)c2ccc(C(=O)NCCc3ccc(Cl)cc3)cc2)cn1. The Morgan fingerprint density at radius 1 is 0.686 bits per heavy atom. The van der Waals surface area contributed by atoms with Crippen molar-refractivity contribution in [2.45, 2.75) is 128 Å². The van der Waals surface area contributed by atoms with E-state index in [9.17, 15) is 22.8 Å². The molecule has 0 saturated carbocycles. The van der Waals surface area contributed by atoms with Crippen molar-refractivity contribution >= 4 is 39.4 Å². The van der Waals surface area contributed by atoms with Crippen LogP contribution in [0.4, 0.5) is 0 Å². The van der Waals surface area contributed by atoms with Gasteiger partial charge in [-0.3, -0.25) is 19.4 Å². The minimum Gasteiger partial charge on any atom is -0.459 e. The zero-order valence-electron chi connectivity index (χ0n) is 30.0. The molecule has 0 radical (unpaired) electrons. The Hall–Kier alpha value is -3.76. The van der Waals surface area contributed by atoms with Crippen LogP contribution in [0.3, 0.4) is 0 Å². The maximum atomic E-state index is 12.8. The number of hydrogen-bond donors (Lipinski definition) is 2. The van der Waals surface area contributed by atoms with E-state index in [0.29, 0.717) is 30.1 Å². The van der Waals surface area contributed by atoms with Crippen molar-refractivity contribution in [1.82, 2.24) is 15.0 Å². The van der Waals surface area contributed by atoms with Gasteiger partial charge in [-0.05, 0) is 66.9 Å². The monoisotopic (exact) mass is 739 g/mol. The molecule has 0 spiro atoms. The number of esters is 1. The van der Waals surface area contributed by atoms with Crippen LogP contribution in [0.2, 0.25) is 5.02 Å². The normalized spacial score (nSPS) is 11.3. The molecule has 2 N–H and O–H groups in total. The summed E-state index contributed by atoms with van der Waals surface area (Å²) < 4.78 is 33.0. The van der Waals surface area contributed by atoms with Crippen LogP contribution in [-0.2, 0) is 32.6 Å². The van der Waals surface area contributed by atoms with Crippen molar-refractivity contribution in [1.29, 1.82) is 0 Å². The highest BCUT2D eigenvalue weighted by Gasteiger charge is 2.20. The molecule has 0 bridgehead atoms. The van der Waals surface area contributed by atoms with Crippen LogP contribution in [0.1, 0.15) is 142 Å². The lowest BCUT2D eigenvalue weighted by Gasteiger charge is -2.09. The molecule has 3 rings (SSSR count). The highest BCUT2D eigenvalue weighted by Crippen LogP contribution is 2.15. The number of ether oxygens (including phenoxy) is 1. The molecule has 1 aromatic heterocycles. The standard InChI is InChI=1S/C40H54ClN3O6S/c1-2-3-4-5-6-7-8-9-10-11-12-13-14-15-16-17-38(45)50-31-36-25-20-34(30-43-36)40(47)44-51(48,49)37-26-21-33(22-27-37)39(46)42-29-28-32-18-23-35(41)24-19-32/h18-27,30H,2-17,28-29,31H2,1H3,(H,42,46)(H,44,47). The second-order valence-electron chi connectivity index (χ2n) is 13.0. The topological polar surface area (TPSA) is 132 Å². The quantitative estimate of drug-likeness (QED) is 0.0655. The first kappa shape index (κ1) is 41.7. The van der Waals surface area contributed by atoms with Crippen LogP contribution < -0.4 is 10.0 Å². The highest BCUT2D eigenvalue weighted by molar-refractivity contribution is 7.90. The van der Waals surface area contributed by atoms with E-state index in [1.54, 1.807) is 12.1 Å². The molecule has 2 amide bonds. The molecular formula is C40H54ClN3O6S. The summed E-state index contributed by atoms with van der Waals surface area (Å²) in [5.74, 6) is -1.50. The average Bonchev–Trinajstić information content (AvgIpc) is 3.13. The van der Waals surface area contributed by atoms with E-state index in [2.05, 4.69) is 17.2 Å². The molecule has 0 aliphatic rings. The van der Waals surface area contributed by atoms with Crippen LogP contribution in [-0.4, -0.2) is 37.7 Å². The molecule has 0 aliphatic heterocycles. The number of rotatable bonds is 25. The molecule has 1 heterocycles. The second-order valence-corrected chi connectivity index (χ2v) is 15.1. The molecule has 51 heavy (non-hydrogen) atoms. The third-order valence-corrected chi connectivity index (χ3v) is 10.3. The van der Waals surface area contributed by atoms with Crippen molar-refractivity contribution in [2.24, 2.45) is 0 Å². The fourth-order valence-electron chi connectivity index (χ4n) is 5.61. The number of pyridine rings is 1.